The summed E-state index contributed by atoms with van der Waals surface area (Å²) < 4.78 is 33.3. The summed E-state index contributed by atoms with van der Waals surface area (Å²) in [5.41, 5.74) is 0.752. The molecule has 5 nitrogen and oxygen atoms in total. The van der Waals surface area contributed by atoms with Crippen molar-refractivity contribution in [1.82, 2.24) is 5.32 Å². The van der Waals surface area contributed by atoms with Gasteiger partial charge < -0.3 is 19.9 Å². The number of hydrogen-bond acceptors (Lipinski definition) is 4. The molecule has 2 N–H and O–H groups in total. The normalized spacial score (nSPS) is 23.2. The number of rotatable bonds is 6. The Hall–Kier alpha value is -1.73. The quantitative estimate of drug-likeness (QED) is 0.791. The number of hydrogen-bond donors (Lipinski definition) is 2. The van der Waals surface area contributed by atoms with Gasteiger partial charge in [0.1, 0.15) is 6.10 Å². The Balaban J connectivity index is 2.00. The maximum Gasteiger partial charge on any atom is 0.506 e. The zero-order chi connectivity index (χ0) is 15.2. The Morgan fingerprint density at radius 2 is 2.10 bits per heavy atom. The van der Waals surface area contributed by atoms with Gasteiger partial charge in [-0.05, 0) is 12.0 Å². The fourth-order valence-electron chi connectivity index (χ4n) is 2.58. The minimum atomic E-state index is -2.80. The van der Waals surface area contributed by atoms with Crippen molar-refractivity contribution in [1.29, 1.82) is 0 Å². The van der Waals surface area contributed by atoms with E-state index in [1.54, 1.807) is 24.3 Å². The number of carboxylic acid groups (broad SMARTS) is 1. The van der Waals surface area contributed by atoms with Crippen LogP contribution >= 0.6 is 0 Å². The predicted molar refractivity (Wildman–Crippen MR) is 70.1 cm³/mol. The lowest BCUT2D eigenvalue weighted by Gasteiger charge is -2.22. The largest absolute Gasteiger partial charge is 0.506 e. The first-order valence-electron chi connectivity index (χ1n) is 6.64. The molecule has 7 heteroatoms. The van der Waals surface area contributed by atoms with Crippen LogP contribution in [0, 0.1) is 5.92 Å². The number of carbonyl (C=O) groups is 1. The SMILES string of the molecule is O=C(O)OC(c1ccccc1)[C@H]1CN[C@H](COC(F)F)C1. The van der Waals surface area contributed by atoms with Crippen LogP contribution in [0.1, 0.15) is 18.1 Å². The smallest absolute Gasteiger partial charge is 0.450 e. The molecule has 0 spiro atoms. The Morgan fingerprint density at radius 1 is 1.38 bits per heavy atom. The van der Waals surface area contributed by atoms with Crippen molar-refractivity contribution in [3.05, 3.63) is 35.9 Å². The summed E-state index contributed by atoms with van der Waals surface area (Å²) >= 11 is 0. The Bertz CT molecular complexity index is 458. The summed E-state index contributed by atoms with van der Waals surface area (Å²) in [5, 5.41) is 11.9. The monoisotopic (exact) mass is 301 g/mol. The standard InChI is InChI=1S/C14H17F2NO4/c15-13(16)20-8-11-6-10(7-17-11)12(21-14(18)19)9-4-2-1-3-5-9/h1-5,10-13,17H,6-8H2,(H,18,19)/t10-,11+,12?/m1/s1. The summed E-state index contributed by atoms with van der Waals surface area (Å²) in [6.07, 6.45) is -1.46. The maximum absolute atomic E-state index is 12.0. The molecular weight excluding hydrogens is 284 g/mol. The molecule has 1 aliphatic heterocycles. The van der Waals surface area contributed by atoms with Crippen LogP contribution in [0.25, 0.3) is 0 Å². The van der Waals surface area contributed by atoms with E-state index in [-0.39, 0.29) is 18.6 Å². The molecule has 1 unspecified atom stereocenters. The van der Waals surface area contributed by atoms with Gasteiger partial charge in [0.05, 0.1) is 6.61 Å². The second kappa shape index (κ2) is 7.33. The molecule has 1 aromatic rings. The van der Waals surface area contributed by atoms with E-state index in [2.05, 4.69) is 10.1 Å². The molecule has 1 heterocycles. The molecule has 0 saturated carbocycles. The van der Waals surface area contributed by atoms with Gasteiger partial charge in [-0.3, -0.25) is 0 Å². The molecule has 0 aliphatic carbocycles. The third-order valence-corrected chi connectivity index (χ3v) is 3.46. The molecule has 1 fully saturated rings. The Kier molecular flexibility index (Phi) is 5.46. The van der Waals surface area contributed by atoms with Crippen LogP contribution in [0.3, 0.4) is 0 Å². The third-order valence-electron chi connectivity index (χ3n) is 3.46. The van der Waals surface area contributed by atoms with E-state index in [0.29, 0.717) is 13.0 Å². The van der Waals surface area contributed by atoms with Gasteiger partial charge in [-0.2, -0.15) is 8.78 Å². The first kappa shape index (κ1) is 15.7. The van der Waals surface area contributed by atoms with Crippen LogP contribution < -0.4 is 5.32 Å². The van der Waals surface area contributed by atoms with Crippen molar-refractivity contribution in [2.45, 2.75) is 25.2 Å². The first-order valence-corrected chi connectivity index (χ1v) is 6.64. The molecule has 0 bridgehead atoms. The van der Waals surface area contributed by atoms with Gasteiger partial charge >= 0.3 is 12.8 Å². The average Bonchev–Trinajstić information content (AvgIpc) is 2.92. The van der Waals surface area contributed by atoms with Crippen molar-refractivity contribution < 1.29 is 28.2 Å². The molecule has 1 aliphatic rings. The second-order valence-corrected chi connectivity index (χ2v) is 4.91. The third kappa shape index (κ3) is 4.64. The maximum atomic E-state index is 12.0. The first-order chi connectivity index (χ1) is 10.1. The van der Waals surface area contributed by atoms with E-state index < -0.39 is 18.9 Å². The predicted octanol–water partition coefficient (Wildman–Crippen LogP) is 2.64. The van der Waals surface area contributed by atoms with Crippen LogP contribution in [0.2, 0.25) is 0 Å². The topological polar surface area (TPSA) is 67.8 Å². The van der Waals surface area contributed by atoms with Gasteiger partial charge in [-0.1, -0.05) is 30.3 Å². The van der Waals surface area contributed by atoms with E-state index >= 15 is 0 Å². The molecule has 0 aromatic heterocycles. The van der Waals surface area contributed by atoms with Gasteiger partial charge in [0.25, 0.3) is 0 Å². The number of benzene rings is 1. The molecule has 0 radical (unpaired) electrons. The summed E-state index contributed by atoms with van der Waals surface area (Å²) in [5.74, 6) is -0.116. The summed E-state index contributed by atoms with van der Waals surface area (Å²) in [7, 11) is 0. The molecule has 2 rings (SSSR count). The van der Waals surface area contributed by atoms with Crippen molar-refractivity contribution in [2.24, 2.45) is 5.92 Å². The molecule has 116 valence electrons. The van der Waals surface area contributed by atoms with Crippen molar-refractivity contribution >= 4 is 6.16 Å². The number of halogens is 2. The van der Waals surface area contributed by atoms with Crippen LogP contribution in [0.4, 0.5) is 13.6 Å². The van der Waals surface area contributed by atoms with Gasteiger partial charge in [0.15, 0.2) is 0 Å². The summed E-state index contributed by atoms with van der Waals surface area (Å²) in [6, 6.07) is 8.77. The van der Waals surface area contributed by atoms with E-state index in [4.69, 9.17) is 9.84 Å². The fourth-order valence-corrected chi connectivity index (χ4v) is 2.58. The number of ether oxygens (including phenoxy) is 2. The highest BCUT2D eigenvalue weighted by Crippen LogP contribution is 2.32. The zero-order valence-electron chi connectivity index (χ0n) is 11.2. The van der Waals surface area contributed by atoms with E-state index in [1.807, 2.05) is 6.07 Å². The lowest BCUT2D eigenvalue weighted by atomic mass is 9.93. The van der Waals surface area contributed by atoms with E-state index in [1.165, 1.54) is 0 Å². The van der Waals surface area contributed by atoms with Gasteiger partial charge in [-0.15, -0.1) is 0 Å². The summed E-state index contributed by atoms with van der Waals surface area (Å²) in [6.45, 7) is -2.42. The summed E-state index contributed by atoms with van der Waals surface area (Å²) in [4.78, 5) is 10.9. The highest BCUT2D eigenvalue weighted by atomic mass is 19.3. The van der Waals surface area contributed by atoms with Crippen LogP contribution in [0.5, 0.6) is 0 Å². The minimum Gasteiger partial charge on any atom is -0.450 e. The van der Waals surface area contributed by atoms with Crippen molar-refractivity contribution in [2.75, 3.05) is 13.2 Å². The van der Waals surface area contributed by atoms with Gasteiger partial charge in [0, 0.05) is 18.5 Å². The highest BCUT2D eigenvalue weighted by molar-refractivity contribution is 5.57. The fraction of sp³-hybridized carbons (Fsp3) is 0.500. The number of alkyl halides is 2. The zero-order valence-corrected chi connectivity index (χ0v) is 11.2. The van der Waals surface area contributed by atoms with Crippen molar-refractivity contribution in [3.8, 4) is 0 Å². The van der Waals surface area contributed by atoms with E-state index in [9.17, 15) is 13.6 Å². The molecule has 1 aromatic carbocycles. The van der Waals surface area contributed by atoms with Gasteiger partial charge in [0.2, 0.25) is 0 Å². The molecular formula is C14H17F2NO4. The van der Waals surface area contributed by atoms with Crippen molar-refractivity contribution in [3.63, 3.8) is 0 Å². The lowest BCUT2D eigenvalue weighted by molar-refractivity contribution is -0.133. The van der Waals surface area contributed by atoms with Gasteiger partial charge in [-0.25, -0.2) is 4.79 Å². The molecule has 21 heavy (non-hydrogen) atoms. The second-order valence-electron chi connectivity index (χ2n) is 4.91. The molecule has 3 atom stereocenters. The Morgan fingerprint density at radius 3 is 2.71 bits per heavy atom. The number of nitrogens with one attached hydrogen (secondary N) is 1. The molecule has 0 amide bonds. The van der Waals surface area contributed by atoms with E-state index in [0.717, 1.165) is 5.56 Å². The lowest BCUT2D eigenvalue weighted by Crippen LogP contribution is -2.27. The van der Waals surface area contributed by atoms with Crippen LogP contribution in [0.15, 0.2) is 30.3 Å². The highest BCUT2D eigenvalue weighted by Gasteiger charge is 2.34. The Labute approximate surface area is 120 Å². The average molecular weight is 301 g/mol. The van der Waals surface area contributed by atoms with Crippen LogP contribution in [-0.4, -0.2) is 37.1 Å². The minimum absolute atomic E-state index is 0.108. The molecule has 1 saturated heterocycles. The van der Waals surface area contributed by atoms with Crippen LogP contribution in [-0.2, 0) is 9.47 Å².